The van der Waals surface area contributed by atoms with E-state index in [0.717, 1.165) is 25.9 Å². The molecular weight excluding hydrogens is 258 g/mol. The molecule has 20 heavy (non-hydrogen) atoms. The van der Waals surface area contributed by atoms with Crippen LogP contribution < -0.4 is 10.3 Å². The number of nitrogens with zero attached hydrogens (tertiary/aromatic N) is 2. The van der Waals surface area contributed by atoms with Crippen LogP contribution in [0.15, 0.2) is 24.3 Å². The average molecular weight is 277 g/mol. The summed E-state index contributed by atoms with van der Waals surface area (Å²) in [5, 5.41) is 11.0. The number of carbonyl (C=O) groups excluding carboxylic acids is 1. The first-order valence-electron chi connectivity index (χ1n) is 6.71. The Hall–Kier alpha value is -2.08. The number of amides is 2. The lowest BCUT2D eigenvalue weighted by molar-refractivity contribution is 0.0697. The number of nitrogens with one attached hydrogen (secondary N) is 1. The summed E-state index contributed by atoms with van der Waals surface area (Å²) in [6.07, 6.45) is 3.31. The minimum absolute atomic E-state index is 0.115. The summed E-state index contributed by atoms with van der Waals surface area (Å²) in [5.41, 5.74) is 3.31. The molecular formula is C14H19N3O3. The normalized spacial score (nSPS) is 15.7. The second-order valence-electron chi connectivity index (χ2n) is 4.85. The first-order valence-corrected chi connectivity index (χ1v) is 6.71. The van der Waals surface area contributed by atoms with Gasteiger partial charge >= 0.3 is 12.0 Å². The highest BCUT2D eigenvalue weighted by Crippen LogP contribution is 2.19. The maximum Gasteiger partial charge on any atom is 0.337 e. The van der Waals surface area contributed by atoms with Gasteiger partial charge in [-0.05, 0) is 25.0 Å². The number of hydrazine groups is 1. The molecule has 1 aliphatic heterocycles. The van der Waals surface area contributed by atoms with Crippen LogP contribution in [0.4, 0.5) is 10.5 Å². The number of para-hydroxylation sites is 1. The molecule has 0 unspecified atom stereocenters. The number of anilines is 1. The molecule has 0 aromatic heterocycles. The Balaban J connectivity index is 2.08. The zero-order valence-electron chi connectivity index (χ0n) is 11.5. The molecule has 0 aliphatic carbocycles. The molecule has 1 aromatic rings. The molecule has 0 radical (unpaired) electrons. The van der Waals surface area contributed by atoms with Crippen molar-refractivity contribution >= 4 is 17.7 Å². The summed E-state index contributed by atoms with van der Waals surface area (Å²) in [6, 6.07) is 6.15. The van der Waals surface area contributed by atoms with Crippen molar-refractivity contribution in [2.45, 2.75) is 19.3 Å². The third-order valence-corrected chi connectivity index (χ3v) is 3.41. The Bertz CT molecular complexity index is 498. The zero-order chi connectivity index (χ0) is 14.5. The lowest BCUT2D eigenvalue weighted by Crippen LogP contribution is -2.50. The van der Waals surface area contributed by atoms with Gasteiger partial charge in [-0.1, -0.05) is 18.6 Å². The van der Waals surface area contributed by atoms with Crippen LogP contribution in [0.25, 0.3) is 0 Å². The van der Waals surface area contributed by atoms with Crippen molar-refractivity contribution in [2.24, 2.45) is 0 Å². The molecule has 1 saturated heterocycles. The quantitative estimate of drug-likeness (QED) is 0.885. The summed E-state index contributed by atoms with van der Waals surface area (Å²) in [7, 11) is 1.57. The number of carbonyl (C=O) groups is 2. The molecule has 1 heterocycles. The Morgan fingerprint density at radius 2 is 1.85 bits per heavy atom. The Morgan fingerprint density at radius 1 is 1.20 bits per heavy atom. The van der Waals surface area contributed by atoms with E-state index < -0.39 is 5.97 Å². The number of hydrogen-bond acceptors (Lipinski definition) is 3. The Labute approximate surface area is 118 Å². The first kappa shape index (κ1) is 14.3. The van der Waals surface area contributed by atoms with E-state index in [1.165, 1.54) is 17.4 Å². The number of carboxylic acid groups (broad SMARTS) is 1. The van der Waals surface area contributed by atoms with Gasteiger partial charge in [-0.25, -0.2) is 14.6 Å². The number of benzene rings is 1. The minimum Gasteiger partial charge on any atom is -0.478 e. The Kier molecular flexibility index (Phi) is 4.57. The van der Waals surface area contributed by atoms with Crippen LogP contribution in [-0.4, -0.2) is 42.3 Å². The predicted octanol–water partition coefficient (Wildman–Crippen LogP) is 1.93. The van der Waals surface area contributed by atoms with Crippen LogP contribution in [-0.2, 0) is 0 Å². The molecule has 6 nitrogen and oxygen atoms in total. The lowest BCUT2D eigenvalue weighted by Gasteiger charge is -2.29. The molecule has 0 bridgehead atoms. The van der Waals surface area contributed by atoms with E-state index in [0.29, 0.717) is 5.69 Å². The third kappa shape index (κ3) is 3.27. The Morgan fingerprint density at radius 3 is 2.50 bits per heavy atom. The van der Waals surface area contributed by atoms with Crippen LogP contribution >= 0.6 is 0 Å². The van der Waals surface area contributed by atoms with Gasteiger partial charge in [-0.2, -0.15) is 0 Å². The summed E-state index contributed by atoms with van der Waals surface area (Å²) >= 11 is 0. The number of rotatable bonds is 3. The van der Waals surface area contributed by atoms with E-state index in [-0.39, 0.29) is 11.6 Å². The second-order valence-corrected chi connectivity index (χ2v) is 4.85. The van der Waals surface area contributed by atoms with Gasteiger partial charge in [0, 0.05) is 20.1 Å². The largest absolute Gasteiger partial charge is 0.478 e. The van der Waals surface area contributed by atoms with E-state index >= 15 is 0 Å². The van der Waals surface area contributed by atoms with Gasteiger partial charge in [0.05, 0.1) is 11.3 Å². The first-order chi connectivity index (χ1) is 9.59. The van der Waals surface area contributed by atoms with E-state index in [1.807, 2.05) is 5.01 Å². The molecule has 108 valence electrons. The molecule has 0 spiro atoms. The van der Waals surface area contributed by atoms with Gasteiger partial charge in [-0.3, -0.25) is 10.3 Å². The molecule has 1 aliphatic rings. The maximum atomic E-state index is 12.2. The van der Waals surface area contributed by atoms with Crippen LogP contribution in [0.3, 0.4) is 0 Å². The highest BCUT2D eigenvalue weighted by molar-refractivity contribution is 6.00. The van der Waals surface area contributed by atoms with Crippen molar-refractivity contribution in [2.75, 3.05) is 25.0 Å². The SMILES string of the molecule is CN(C(=O)NN1CCCCC1)c1ccccc1C(=O)O. The predicted molar refractivity (Wildman–Crippen MR) is 75.8 cm³/mol. The molecule has 2 amide bonds. The van der Waals surface area contributed by atoms with Crippen LogP contribution in [0.1, 0.15) is 29.6 Å². The van der Waals surface area contributed by atoms with Crippen molar-refractivity contribution in [3.63, 3.8) is 0 Å². The lowest BCUT2D eigenvalue weighted by atomic mass is 10.1. The van der Waals surface area contributed by atoms with Gasteiger partial charge in [0.25, 0.3) is 0 Å². The average Bonchev–Trinajstić information content (AvgIpc) is 2.47. The smallest absolute Gasteiger partial charge is 0.337 e. The number of aromatic carboxylic acids is 1. The summed E-state index contributed by atoms with van der Waals surface area (Å²) < 4.78 is 0. The van der Waals surface area contributed by atoms with Gasteiger partial charge in [0.15, 0.2) is 0 Å². The number of piperidine rings is 1. The van der Waals surface area contributed by atoms with Crippen molar-refractivity contribution in [3.8, 4) is 0 Å². The van der Waals surface area contributed by atoms with Crippen LogP contribution in [0, 0.1) is 0 Å². The second kappa shape index (κ2) is 6.38. The number of hydrogen-bond donors (Lipinski definition) is 2. The van der Waals surface area contributed by atoms with Crippen molar-refractivity contribution in [1.29, 1.82) is 0 Å². The zero-order valence-corrected chi connectivity index (χ0v) is 11.5. The van der Waals surface area contributed by atoms with E-state index in [2.05, 4.69) is 5.43 Å². The topological polar surface area (TPSA) is 72.9 Å². The van der Waals surface area contributed by atoms with Crippen molar-refractivity contribution < 1.29 is 14.7 Å². The minimum atomic E-state index is -1.04. The van der Waals surface area contributed by atoms with Crippen LogP contribution in [0.5, 0.6) is 0 Å². The van der Waals surface area contributed by atoms with Crippen molar-refractivity contribution in [3.05, 3.63) is 29.8 Å². The highest BCUT2D eigenvalue weighted by atomic mass is 16.4. The van der Waals surface area contributed by atoms with E-state index in [1.54, 1.807) is 25.2 Å². The maximum absolute atomic E-state index is 12.2. The molecule has 2 rings (SSSR count). The van der Waals surface area contributed by atoms with Gasteiger partial charge in [0.2, 0.25) is 0 Å². The van der Waals surface area contributed by atoms with Gasteiger partial charge < -0.3 is 5.11 Å². The summed E-state index contributed by atoms with van der Waals surface area (Å²) in [5.74, 6) is -1.04. The van der Waals surface area contributed by atoms with E-state index in [4.69, 9.17) is 5.11 Å². The molecule has 6 heteroatoms. The standard InChI is InChI=1S/C14H19N3O3/c1-16(12-8-4-3-7-11(12)13(18)19)14(20)15-17-9-5-2-6-10-17/h3-4,7-8H,2,5-6,9-10H2,1H3,(H,15,20)(H,18,19). The number of urea groups is 1. The van der Waals surface area contributed by atoms with Crippen molar-refractivity contribution in [1.82, 2.24) is 10.4 Å². The van der Waals surface area contributed by atoms with E-state index in [9.17, 15) is 9.59 Å². The fourth-order valence-corrected chi connectivity index (χ4v) is 2.27. The molecule has 1 fully saturated rings. The number of carboxylic acids is 1. The molecule has 1 aromatic carbocycles. The van der Waals surface area contributed by atoms with Crippen LogP contribution in [0.2, 0.25) is 0 Å². The monoisotopic (exact) mass is 277 g/mol. The van der Waals surface area contributed by atoms with Gasteiger partial charge in [-0.15, -0.1) is 0 Å². The summed E-state index contributed by atoms with van der Waals surface area (Å²) in [4.78, 5) is 24.7. The van der Waals surface area contributed by atoms with Gasteiger partial charge in [0.1, 0.15) is 0 Å². The fourth-order valence-electron chi connectivity index (χ4n) is 2.27. The molecule has 0 atom stereocenters. The molecule has 2 N–H and O–H groups in total. The fraction of sp³-hybridized carbons (Fsp3) is 0.429. The highest BCUT2D eigenvalue weighted by Gasteiger charge is 2.20. The summed E-state index contributed by atoms with van der Waals surface area (Å²) in [6.45, 7) is 1.67. The third-order valence-electron chi connectivity index (χ3n) is 3.41. The molecule has 0 saturated carbocycles.